The highest BCUT2D eigenvalue weighted by atomic mass is 32.1. The minimum atomic E-state index is -0.000584. The van der Waals surface area contributed by atoms with Crippen molar-refractivity contribution in [2.45, 2.75) is 51.4 Å². The molecule has 8 aromatic carbocycles. The van der Waals surface area contributed by atoms with Crippen LogP contribution in [0.3, 0.4) is 0 Å². The van der Waals surface area contributed by atoms with Crippen LogP contribution in [0.4, 0.5) is 17.1 Å². The van der Waals surface area contributed by atoms with Crippen LogP contribution in [0.5, 0.6) is 0 Å². The maximum atomic E-state index is 2.78. The van der Waals surface area contributed by atoms with Crippen molar-refractivity contribution < 1.29 is 0 Å². The molecule has 4 aliphatic rings. The number of hydrogen-bond donors (Lipinski definition) is 0. The van der Waals surface area contributed by atoms with Gasteiger partial charge in [-0.05, 0) is 128 Å². The van der Waals surface area contributed by atoms with Crippen molar-refractivity contribution in [3.8, 4) is 33.4 Å². The van der Waals surface area contributed by atoms with Crippen molar-refractivity contribution in [3.63, 3.8) is 0 Å². The molecule has 1 aliphatic carbocycles. The molecule has 0 saturated carbocycles. The number of hydrogen-bond acceptors (Lipinski definition) is 3. The molecular formula is C56H39BN2S2. The molecule has 0 spiro atoms. The van der Waals surface area contributed by atoms with E-state index in [0.29, 0.717) is 0 Å². The Morgan fingerprint density at radius 1 is 0.508 bits per heavy atom. The van der Waals surface area contributed by atoms with Gasteiger partial charge < -0.3 is 9.38 Å². The molecule has 2 nitrogen and oxygen atoms in total. The van der Waals surface area contributed by atoms with E-state index >= 15 is 0 Å². The van der Waals surface area contributed by atoms with E-state index in [4.69, 9.17) is 0 Å². The fraction of sp³-hybridized carbons (Fsp3) is 0.143. The first kappa shape index (κ1) is 33.6. The Labute approximate surface area is 362 Å². The van der Waals surface area contributed by atoms with Gasteiger partial charge in [-0.3, -0.25) is 0 Å². The lowest BCUT2D eigenvalue weighted by Crippen LogP contribution is -2.57. The Hall–Kier alpha value is -6.14. The number of nitrogens with zero attached hydrogens (tertiary/aromatic N) is 2. The SMILES string of the molecule is CC1(C)CCC(C)(C)c2cc3c(cc21)-c1cc(-c2ccccc2)cc2cc4c5c(c12)N3c1cc2c(cc1B5n1c3c-4cccc3c3sc4ccccc4c31)sc1ccccc12. The molecule has 0 amide bonds. The summed E-state index contributed by atoms with van der Waals surface area (Å²) in [4.78, 5) is 2.75. The summed E-state index contributed by atoms with van der Waals surface area (Å²) in [5.74, 6) is 0. The van der Waals surface area contributed by atoms with Crippen molar-refractivity contribution in [2.24, 2.45) is 0 Å². The second-order valence-corrected chi connectivity index (χ2v) is 21.6. The molecule has 0 radical (unpaired) electrons. The van der Waals surface area contributed by atoms with Gasteiger partial charge in [0.05, 0.1) is 21.6 Å². The number of benzene rings is 8. The molecule has 61 heavy (non-hydrogen) atoms. The van der Waals surface area contributed by atoms with E-state index in [2.05, 4.69) is 177 Å². The van der Waals surface area contributed by atoms with Crippen molar-refractivity contribution >= 4 is 120 Å². The van der Waals surface area contributed by atoms with Crippen molar-refractivity contribution in [1.82, 2.24) is 4.48 Å². The summed E-state index contributed by atoms with van der Waals surface area (Å²) < 4.78 is 8.24. The van der Waals surface area contributed by atoms with Gasteiger partial charge in [0.2, 0.25) is 0 Å². The van der Waals surface area contributed by atoms with E-state index in [9.17, 15) is 0 Å². The number of aromatic nitrogens is 1. The molecule has 0 unspecified atom stereocenters. The van der Waals surface area contributed by atoms with Crippen LogP contribution in [-0.4, -0.2) is 11.3 Å². The molecule has 0 atom stereocenters. The third-order valence-corrected chi connectivity index (χ3v) is 17.6. The van der Waals surface area contributed by atoms with Gasteiger partial charge in [-0.1, -0.05) is 113 Å². The maximum Gasteiger partial charge on any atom is 0.333 e. The van der Waals surface area contributed by atoms with E-state index < -0.39 is 0 Å². The molecule has 3 aromatic heterocycles. The summed E-state index contributed by atoms with van der Waals surface area (Å²) in [6.45, 7) is 9.90. The molecule has 6 heterocycles. The molecule has 0 N–H and O–H groups in total. The first-order valence-electron chi connectivity index (χ1n) is 21.8. The van der Waals surface area contributed by atoms with Gasteiger partial charge in [-0.25, -0.2) is 0 Å². The van der Waals surface area contributed by atoms with Gasteiger partial charge in [-0.2, -0.15) is 0 Å². The fourth-order valence-electron chi connectivity index (χ4n) is 12.3. The lowest BCUT2D eigenvalue weighted by Gasteiger charge is -2.47. The molecule has 5 heteroatoms. The Morgan fingerprint density at radius 2 is 1.23 bits per heavy atom. The highest BCUT2D eigenvalue weighted by molar-refractivity contribution is 7.27. The fourth-order valence-corrected chi connectivity index (χ4v) is 14.6. The minimum Gasteiger partial charge on any atom is -0.374 e. The zero-order valence-electron chi connectivity index (χ0n) is 34.5. The second-order valence-electron chi connectivity index (χ2n) is 19.4. The summed E-state index contributed by atoms with van der Waals surface area (Å²) in [6.07, 6.45) is 2.36. The molecule has 3 aliphatic heterocycles. The maximum absolute atomic E-state index is 2.78. The van der Waals surface area contributed by atoms with Gasteiger partial charge >= 0.3 is 6.85 Å². The van der Waals surface area contributed by atoms with Crippen LogP contribution >= 0.6 is 22.7 Å². The summed E-state index contributed by atoms with van der Waals surface area (Å²) >= 11 is 3.89. The first-order valence-corrected chi connectivity index (χ1v) is 23.5. The Morgan fingerprint density at radius 3 is 2.05 bits per heavy atom. The molecular weight excluding hydrogens is 776 g/mol. The van der Waals surface area contributed by atoms with Crippen LogP contribution in [0.1, 0.15) is 51.7 Å². The van der Waals surface area contributed by atoms with E-state index in [-0.39, 0.29) is 17.7 Å². The molecule has 15 rings (SSSR count). The van der Waals surface area contributed by atoms with Gasteiger partial charge in [0.25, 0.3) is 0 Å². The van der Waals surface area contributed by atoms with Crippen molar-refractivity contribution in [2.75, 3.05) is 4.90 Å². The van der Waals surface area contributed by atoms with E-state index in [1.54, 1.807) is 0 Å². The van der Waals surface area contributed by atoms with Crippen LogP contribution in [0.2, 0.25) is 0 Å². The molecule has 288 valence electrons. The van der Waals surface area contributed by atoms with Gasteiger partial charge in [0.1, 0.15) is 0 Å². The predicted octanol–water partition coefficient (Wildman–Crippen LogP) is 14.9. The van der Waals surface area contributed by atoms with Gasteiger partial charge in [-0.15, -0.1) is 22.7 Å². The third-order valence-electron chi connectivity index (χ3n) is 15.3. The Bertz CT molecular complexity index is 3840. The standard InChI is InChI=1S/C56H39BN2S2/c1-55(2)21-22-56(3,4)42-28-44-37(26-41(42)55)39-24-31(30-13-6-5-7-14-30)23-32-25-40-34-17-12-18-36-51(34)59(52-35-16-9-11-20-47(35)61-54(36)52)57-43-29-48-38(33-15-8-10-19-46(33)60-48)27-45(43)58(44)53(49(32)39)50(40)57/h5-20,23-29H,21-22H2,1-4H3. The average molecular weight is 815 g/mol. The monoisotopic (exact) mass is 814 g/mol. The summed E-state index contributed by atoms with van der Waals surface area (Å²) in [5.41, 5.74) is 20.7. The van der Waals surface area contributed by atoms with Crippen molar-refractivity contribution in [3.05, 3.63) is 151 Å². The summed E-state index contributed by atoms with van der Waals surface area (Å²) in [5, 5.41) is 8.09. The van der Waals surface area contributed by atoms with Crippen LogP contribution in [0.15, 0.2) is 140 Å². The van der Waals surface area contributed by atoms with Crippen LogP contribution in [-0.2, 0) is 10.8 Å². The minimum absolute atomic E-state index is 0.000584. The lowest BCUT2D eigenvalue weighted by atomic mass is 9.44. The molecule has 0 bridgehead atoms. The topological polar surface area (TPSA) is 8.17 Å². The molecule has 11 aromatic rings. The van der Waals surface area contributed by atoms with Crippen LogP contribution in [0.25, 0.3) is 95.5 Å². The van der Waals surface area contributed by atoms with Crippen molar-refractivity contribution in [1.29, 1.82) is 0 Å². The Balaban J connectivity index is 1.18. The summed E-state index contributed by atoms with van der Waals surface area (Å²) in [7, 11) is 0. The van der Waals surface area contributed by atoms with E-state index in [0.717, 1.165) is 0 Å². The first-order chi connectivity index (χ1) is 29.7. The largest absolute Gasteiger partial charge is 0.374 e. The van der Waals surface area contributed by atoms with Gasteiger partial charge in [0, 0.05) is 63.4 Å². The smallest absolute Gasteiger partial charge is 0.333 e. The second kappa shape index (κ2) is 11.0. The zero-order chi connectivity index (χ0) is 40.3. The van der Waals surface area contributed by atoms with E-state index in [1.807, 2.05) is 22.7 Å². The number of para-hydroxylation sites is 1. The third kappa shape index (κ3) is 4.06. The average Bonchev–Trinajstić information content (AvgIpc) is 3.95. The quantitative estimate of drug-likeness (QED) is 0.150. The Kier molecular flexibility index (Phi) is 6.07. The molecule has 0 fully saturated rings. The number of anilines is 3. The van der Waals surface area contributed by atoms with Crippen LogP contribution < -0.4 is 15.8 Å². The summed E-state index contributed by atoms with van der Waals surface area (Å²) in [6, 6.07) is 54.3. The number of rotatable bonds is 1. The highest BCUT2D eigenvalue weighted by Gasteiger charge is 2.47. The predicted molar refractivity (Wildman–Crippen MR) is 265 cm³/mol. The zero-order valence-corrected chi connectivity index (χ0v) is 36.1. The number of fused-ring (bicyclic) bond motifs is 17. The van der Waals surface area contributed by atoms with Gasteiger partial charge in [0.15, 0.2) is 0 Å². The van der Waals surface area contributed by atoms with Crippen LogP contribution in [0, 0.1) is 0 Å². The highest BCUT2D eigenvalue weighted by Crippen LogP contribution is 2.59. The number of thiophene rings is 2. The molecule has 0 saturated heterocycles. The lowest BCUT2D eigenvalue weighted by molar-refractivity contribution is 0.332. The van der Waals surface area contributed by atoms with E-state index in [1.165, 1.54) is 147 Å². The normalized spacial score (nSPS) is 16.3.